The van der Waals surface area contributed by atoms with Gasteiger partial charge in [-0.1, -0.05) is 26.8 Å². The summed E-state index contributed by atoms with van der Waals surface area (Å²) < 4.78 is 2.13. The summed E-state index contributed by atoms with van der Waals surface area (Å²) in [4.78, 5) is 32.5. The molecule has 1 atom stereocenters. The molecule has 0 fully saturated rings. The van der Waals surface area contributed by atoms with Crippen molar-refractivity contribution in [1.29, 1.82) is 0 Å². The fraction of sp³-hybridized carbons (Fsp3) is 0.500. The van der Waals surface area contributed by atoms with Gasteiger partial charge < -0.3 is 20.1 Å². The number of amides is 2. The van der Waals surface area contributed by atoms with E-state index in [-0.39, 0.29) is 11.8 Å². The quantitative estimate of drug-likeness (QED) is 0.766. The molecule has 162 valence electrons. The predicted molar refractivity (Wildman–Crippen MR) is 121 cm³/mol. The van der Waals surface area contributed by atoms with Crippen LogP contribution < -0.4 is 10.6 Å². The molecule has 2 aromatic heterocycles. The lowest BCUT2D eigenvalue weighted by Crippen LogP contribution is -2.53. The average Bonchev–Trinajstić information content (AvgIpc) is 3.27. The first-order valence-electron chi connectivity index (χ1n) is 10.2. The molecule has 2 N–H and O–H groups in total. The highest BCUT2D eigenvalue weighted by Crippen LogP contribution is 2.23. The second-order valence-corrected chi connectivity index (χ2v) is 9.57. The third-order valence-electron chi connectivity index (χ3n) is 5.28. The summed E-state index contributed by atoms with van der Waals surface area (Å²) in [5.41, 5.74) is 1.97. The van der Waals surface area contributed by atoms with Gasteiger partial charge in [0.15, 0.2) is 5.69 Å². The zero-order chi connectivity index (χ0) is 21.9. The van der Waals surface area contributed by atoms with E-state index in [1.54, 1.807) is 18.4 Å². The van der Waals surface area contributed by atoms with Gasteiger partial charge in [-0.2, -0.15) is 11.3 Å². The second-order valence-electron chi connectivity index (χ2n) is 8.79. The molecule has 8 heteroatoms. The first-order chi connectivity index (χ1) is 14.2. The van der Waals surface area contributed by atoms with Crippen molar-refractivity contribution in [2.24, 2.45) is 5.41 Å². The van der Waals surface area contributed by atoms with Crippen LogP contribution in [0.3, 0.4) is 0 Å². The number of carbonyl (C=O) groups excluding carboxylic acids is 2. The summed E-state index contributed by atoms with van der Waals surface area (Å²) in [6, 6.07) is 1.40. The Morgan fingerprint density at radius 2 is 2.03 bits per heavy atom. The van der Waals surface area contributed by atoms with Gasteiger partial charge >= 0.3 is 0 Å². The van der Waals surface area contributed by atoms with Gasteiger partial charge in [0, 0.05) is 20.1 Å². The highest BCUT2D eigenvalue weighted by atomic mass is 32.1. The van der Waals surface area contributed by atoms with Crippen molar-refractivity contribution in [3.63, 3.8) is 0 Å². The van der Waals surface area contributed by atoms with Gasteiger partial charge in [-0.15, -0.1) is 0 Å². The van der Waals surface area contributed by atoms with Crippen LogP contribution in [0.15, 0.2) is 16.8 Å². The van der Waals surface area contributed by atoms with Crippen LogP contribution in [0, 0.1) is 5.41 Å². The van der Waals surface area contributed by atoms with Crippen LogP contribution in [-0.4, -0.2) is 52.9 Å². The lowest BCUT2D eigenvalue weighted by atomic mass is 9.86. The van der Waals surface area contributed by atoms with Crippen LogP contribution in [-0.2, 0) is 17.9 Å². The third kappa shape index (κ3) is 4.99. The van der Waals surface area contributed by atoms with Crippen molar-refractivity contribution in [3.05, 3.63) is 39.6 Å². The molecule has 2 aromatic rings. The molecule has 7 nitrogen and oxygen atoms in total. The van der Waals surface area contributed by atoms with Crippen LogP contribution in [0.25, 0.3) is 12.2 Å². The van der Waals surface area contributed by atoms with E-state index in [1.165, 1.54) is 0 Å². The molecule has 1 unspecified atom stereocenters. The van der Waals surface area contributed by atoms with Crippen molar-refractivity contribution < 1.29 is 9.59 Å². The number of aromatic nitrogens is 2. The number of thiophene rings is 1. The molecule has 0 radical (unpaired) electrons. The summed E-state index contributed by atoms with van der Waals surface area (Å²) in [6.45, 7) is 8.21. The third-order valence-corrected chi connectivity index (χ3v) is 5.98. The minimum absolute atomic E-state index is 0.212. The molecule has 0 saturated heterocycles. The molecule has 0 spiro atoms. The Labute approximate surface area is 182 Å². The number of imidazole rings is 1. The summed E-state index contributed by atoms with van der Waals surface area (Å²) in [5, 5.41) is 9.68. The topological polar surface area (TPSA) is 79.3 Å². The zero-order valence-corrected chi connectivity index (χ0v) is 19.2. The molecule has 0 aliphatic carbocycles. The molecule has 3 heterocycles. The molecule has 0 aromatic carbocycles. The fourth-order valence-corrected chi connectivity index (χ4v) is 4.25. The summed E-state index contributed by atoms with van der Waals surface area (Å²) in [5.74, 6) is 0.243. The smallest absolute Gasteiger partial charge is 0.272 e. The Morgan fingerprint density at radius 1 is 1.27 bits per heavy atom. The number of likely N-dealkylation sites (N-methyl/N-ethyl adjacent to an activating group) is 1. The van der Waals surface area contributed by atoms with Gasteiger partial charge in [-0.3, -0.25) is 9.59 Å². The number of hydrogen-bond donors (Lipinski definition) is 2. The predicted octanol–water partition coefficient (Wildman–Crippen LogP) is 2.84. The standard InChI is InChI=1S/C22H31N5O2S/c1-22(2,3)19(21(29)23-4)25-20(28)18-16-13-26(5)10-6-11-27(16)17(24-18)8-7-15-9-12-30-14-15/h7-9,12,14,19H,6,10-11,13H2,1-5H3,(H,23,29)(H,25,28). The molecule has 0 bridgehead atoms. The van der Waals surface area contributed by atoms with Crippen molar-refractivity contribution in [3.8, 4) is 0 Å². The lowest BCUT2D eigenvalue weighted by molar-refractivity contribution is -0.124. The van der Waals surface area contributed by atoms with Crippen LogP contribution in [0.2, 0.25) is 0 Å². The van der Waals surface area contributed by atoms with Crippen molar-refractivity contribution >= 4 is 35.3 Å². The number of carbonyl (C=O) groups is 2. The van der Waals surface area contributed by atoms with Gasteiger partial charge in [-0.25, -0.2) is 4.98 Å². The Kier molecular flexibility index (Phi) is 6.77. The minimum atomic E-state index is -0.652. The fourth-order valence-electron chi connectivity index (χ4n) is 3.62. The average molecular weight is 430 g/mol. The van der Waals surface area contributed by atoms with E-state index in [0.717, 1.165) is 36.6 Å². The largest absolute Gasteiger partial charge is 0.357 e. The number of nitrogens with one attached hydrogen (secondary N) is 2. The summed E-state index contributed by atoms with van der Waals surface area (Å²) in [7, 11) is 3.63. The van der Waals surface area contributed by atoms with E-state index < -0.39 is 11.5 Å². The monoisotopic (exact) mass is 429 g/mol. The first-order valence-corrected chi connectivity index (χ1v) is 11.2. The van der Waals surface area contributed by atoms with E-state index in [4.69, 9.17) is 4.98 Å². The molecular formula is C22H31N5O2S. The summed E-state index contributed by atoms with van der Waals surface area (Å²) in [6.07, 6.45) is 4.97. The van der Waals surface area contributed by atoms with Gasteiger partial charge in [0.05, 0.1) is 5.69 Å². The minimum Gasteiger partial charge on any atom is -0.357 e. The summed E-state index contributed by atoms with van der Waals surface area (Å²) >= 11 is 1.64. The maximum Gasteiger partial charge on any atom is 0.272 e. The molecule has 1 aliphatic heterocycles. The normalized spacial score (nSPS) is 16.2. The molecule has 0 saturated carbocycles. The zero-order valence-electron chi connectivity index (χ0n) is 18.4. The Morgan fingerprint density at radius 3 is 2.67 bits per heavy atom. The van der Waals surface area contributed by atoms with Gasteiger partial charge in [0.25, 0.3) is 5.91 Å². The maximum absolute atomic E-state index is 13.3. The number of nitrogens with zero attached hydrogens (tertiary/aromatic N) is 3. The van der Waals surface area contributed by atoms with Crippen LogP contribution in [0.4, 0.5) is 0 Å². The number of fused-ring (bicyclic) bond motifs is 1. The number of hydrogen-bond acceptors (Lipinski definition) is 5. The maximum atomic E-state index is 13.3. The Hall–Kier alpha value is -2.45. The molecule has 30 heavy (non-hydrogen) atoms. The van der Waals surface area contributed by atoms with E-state index >= 15 is 0 Å². The van der Waals surface area contributed by atoms with E-state index in [1.807, 2.05) is 51.4 Å². The van der Waals surface area contributed by atoms with Crippen molar-refractivity contribution in [1.82, 2.24) is 25.1 Å². The van der Waals surface area contributed by atoms with Crippen LogP contribution >= 0.6 is 11.3 Å². The van der Waals surface area contributed by atoms with Gasteiger partial charge in [0.2, 0.25) is 5.91 Å². The number of rotatable bonds is 5. The first kappa shape index (κ1) is 22.2. The Balaban J connectivity index is 1.96. The highest BCUT2D eigenvalue weighted by Gasteiger charge is 2.34. The van der Waals surface area contributed by atoms with Gasteiger partial charge in [-0.05, 0) is 53.9 Å². The molecular weight excluding hydrogens is 398 g/mol. The molecule has 1 aliphatic rings. The van der Waals surface area contributed by atoms with E-state index in [0.29, 0.717) is 12.2 Å². The van der Waals surface area contributed by atoms with Crippen LogP contribution in [0.5, 0.6) is 0 Å². The van der Waals surface area contributed by atoms with Crippen LogP contribution in [0.1, 0.15) is 54.8 Å². The SMILES string of the molecule is CNC(=O)C(NC(=O)c1nc(C=Cc2ccsc2)n2c1CN(C)CCC2)C(C)(C)C. The lowest BCUT2D eigenvalue weighted by Gasteiger charge is -2.29. The van der Waals surface area contributed by atoms with E-state index in [9.17, 15) is 9.59 Å². The van der Waals surface area contributed by atoms with E-state index in [2.05, 4.69) is 25.5 Å². The molecule has 3 rings (SSSR count). The second kappa shape index (κ2) is 9.14. The Bertz CT molecular complexity index is 924. The van der Waals surface area contributed by atoms with Crippen molar-refractivity contribution in [2.45, 2.75) is 46.3 Å². The van der Waals surface area contributed by atoms with Gasteiger partial charge in [0.1, 0.15) is 11.9 Å². The highest BCUT2D eigenvalue weighted by molar-refractivity contribution is 7.08. The molecule has 2 amide bonds. The van der Waals surface area contributed by atoms with Crippen molar-refractivity contribution in [2.75, 3.05) is 20.6 Å².